The van der Waals surface area contributed by atoms with Gasteiger partial charge in [0.15, 0.2) is 0 Å². The summed E-state index contributed by atoms with van der Waals surface area (Å²) >= 11 is 0. The van der Waals surface area contributed by atoms with E-state index in [1.165, 1.54) is 0 Å². The Labute approximate surface area is 88.9 Å². The first-order valence-electron chi connectivity index (χ1n) is 5.09. The molecule has 0 atom stereocenters. The number of benzene rings is 1. The number of nitrogen functional groups attached to an aromatic ring is 1. The van der Waals surface area contributed by atoms with Gasteiger partial charge in [-0.1, -0.05) is 0 Å². The molecule has 4 nitrogen and oxygen atoms in total. The zero-order chi connectivity index (χ0) is 10.8. The zero-order valence-electron chi connectivity index (χ0n) is 8.71. The van der Waals surface area contributed by atoms with E-state index in [9.17, 15) is 4.79 Å². The SMILES string of the molecule is Cc1cc(NC(=O)NC2CC2)ccc1N. The summed E-state index contributed by atoms with van der Waals surface area (Å²) in [5.74, 6) is 0. The third-order valence-electron chi connectivity index (χ3n) is 2.44. The van der Waals surface area contributed by atoms with E-state index < -0.39 is 0 Å². The fraction of sp³-hybridized carbons (Fsp3) is 0.364. The fourth-order valence-corrected chi connectivity index (χ4v) is 1.33. The number of hydrogen-bond donors (Lipinski definition) is 3. The molecule has 1 aromatic carbocycles. The number of carbonyl (C=O) groups excluding carboxylic acids is 1. The molecular weight excluding hydrogens is 190 g/mol. The molecule has 1 aliphatic carbocycles. The summed E-state index contributed by atoms with van der Waals surface area (Å²) in [6.45, 7) is 1.92. The van der Waals surface area contributed by atoms with Crippen LogP contribution in [0.25, 0.3) is 0 Å². The largest absolute Gasteiger partial charge is 0.399 e. The van der Waals surface area contributed by atoms with Crippen molar-refractivity contribution in [3.63, 3.8) is 0 Å². The molecule has 0 aromatic heterocycles. The molecule has 0 saturated heterocycles. The Morgan fingerprint density at radius 2 is 2.20 bits per heavy atom. The highest BCUT2D eigenvalue weighted by Crippen LogP contribution is 2.19. The monoisotopic (exact) mass is 205 g/mol. The predicted molar refractivity (Wildman–Crippen MR) is 60.8 cm³/mol. The number of nitrogens with one attached hydrogen (secondary N) is 2. The normalized spacial score (nSPS) is 14.7. The molecule has 0 unspecified atom stereocenters. The highest BCUT2D eigenvalue weighted by Gasteiger charge is 2.23. The van der Waals surface area contributed by atoms with Crippen molar-refractivity contribution >= 4 is 17.4 Å². The van der Waals surface area contributed by atoms with Gasteiger partial charge in [-0.25, -0.2) is 4.79 Å². The molecule has 4 N–H and O–H groups in total. The Kier molecular flexibility index (Phi) is 2.49. The summed E-state index contributed by atoms with van der Waals surface area (Å²) in [6.07, 6.45) is 2.18. The molecule has 0 radical (unpaired) electrons. The Bertz CT molecular complexity index is 385. The predicted octanol–water partition coefficient (Wildman–Crippen LogP) is 1.86. The average Bonchev–Trinajstić information content (AvgIpc) is 2.95. The molecule has 1 saturated carbocycles. The fourth-order valence-electron chi connectivity index (χ4n) is 1.33. The number of nitrogens with two attached hydrogens (primary N) is 1. The highest BCUT2D eigenvalue weighted by atomic mass is 16.2. The number of hydrogen-bond acceptors (Lipinski definition) is 2. The minimum Gasteiger partial charge on any atom is -0.399 e. The van der Waals surface area contributed by atoms with E-state index in [1.807, 2.05) is 13.0 Å². The van der Waals surface area contributed by atoms with Gasteiger partial charge in [-0.15, -0.1) is 0 Å². The Balaban J connectivity index is 1.97. The van der Waals surface area contributed by atoms with Crippen LogP contribution >= 0.6 is 0 Å². The maximum Gasteiger partial charge on any atom is 0.319 e. The van der Waals surface area contributed by atoms with Crippen molar-refractivity contribution in [1.29, 1.82) is 0 Å². The Hall–Kier alpha value is -1.71. The van der Waals surface area contributed by atoms with E-state index in [1.54, 1.807) is 12.1 Å². The lowest BCUT2D eigenvalue weighted by atomic mass is 10.2. The van der Waals surface area contributed by atoms with E-state index in [2.05, 4.69) is 10.6 Å². The topological polar surface area (TPSA) is 67.2 Å². The summed E-state index contributed by atoms with van der Waals surface area (Å²) < 4.78 is 0. The van der Waals surface area contributed by atoms with Gasteiger partial charge in [0, 0.05) is 17.4 Å². The van der Waals surface area contributed by atoms with Crippen LogP contribution < -0.4 is 16.4 Å². The van der Waals surface area contributed by atoms with Crippen LogP contribution in [0, 0.1) is 6.92 Å². The molecule has 4 heteroatoms. The van der Waals surface area contributed by atoms with Gasteiger partial charge >= 0.3 is 6.03 Å². The summed E-state index contributed by atoms with van der Waals surface area (Å²) in [5.41, 5.74) is 8.17. The molecule has 0 heterocycles. The molecule has 0 spiro atoms. The Morgan fingerprint density at radius 3 is 2.80 bits per heavy atom. The van der Waals surface area contributed by atoms with Crippen molar-refractivity contribution in [1.82, 2.24) is 5.32 Å². The van der Waals surface area contributed by atoms with Gasteiger partial charge in [-0.3, -0.25) is 0 Å². The number of rotatable bonds is 2. The van der Waals surface area contributed by atoms with Crippen molar-refractivity contribution < 1.29 is 4.79 Å². The first-order chi connectivity index (χ1) is 7.15. The van der Waals surface area contributed by atoms with Crippen LogP contribution in [0.3, 0.4) is 0 Å². The standard InChI is InChI=1S/C11H15N3O/c1-7-6-9(4-5-10(7)12)14-11(15)13-8-2-3-8/h4-6,8H,2-3,12H2,1H3,(H2,13,14,15). The smallest absolute Gasteiger partial charge is 0.319 e. The van der Waals surface area contributed by atoms with Crippen molar-refractivity contribution in [3.05, 3.63) is 23.8 Å². The minimum absolute atomic E-state index is 0.137. The first-order valence-corrected chi connectivity index (χ1v) is 5.09. The molecule has 1 aliphatic rings. The van der Waals surface area contributed by atoms with E-state index in [0.717, 1.165) is 29.8 Å². The van der Waals surface area contributed by atoms with Crippen LogP contribution in [-0.4, -0.2) is 12.1 Å². The average molecular weight is 205 g/mol. The lowest BCUT2D eigenvalue weighted by molar-refractivity contribution is 0.251. The summed E-state index contributed by atoms with van der Waals surface area (Å²) in [5, 5.41) is 5.63. The summed E-state index contributed by atoms with van der Waals surface area (Å²) in [7, 11) is 0. The highest BCUT2D eigenvalue weighted by molar-refractivity contribution is 5.90. The van der Waals surface area contributed by atoms with Crippen LogP contribution in [0.1, 0.15) is 18.4 Å². The molecule has 2 rings (SSSR count). The maximum atomic E-state index is 11.4. The summed E-state index contributed by atoms with van der Waals surface area (Å²) in [4.78, 5) is 11.4. The van der Waals surface area contributed by atoms with Crippen molar-refractivity contribution in [3.8, 4) is 0 Å². The van der Waals surface area contributed by atoms with E-state index in [0.29, 0.717) is 6.04 Å². The lowest BCUT2D eigenvalue weighted by Gasteiger charge is -2.08. The van der Waals surface area contributed by atoms with Crippen LogP contribution in [0.2, 0.25) is 0 Å². The van der Waals surface area contributed by atoms with Gasteiger partial charge < -0.3 is 16.4 Å². The third-order valence-corrected chi connectivity index (χ3v) is 2.44. The van der Waals surface area contributed by atoms with Gasteiger partial charge in [0.25, 0.3) is 0 Å². The van der Waals surface area contributed by atoms with Gasteiger partial charge in [0.1, 0.15) is 0 Å². The van der Waals surface area contributed by atoms with Gasteiger partial charge in [0.2, 0.25) is 0 Å². The number of urea groups is 1. The molecule has 80 valence electrons. The van der Waals surface area contributed by atoms with Crippen LogP contribution in [0.4, 0.5) is 16.2 Å². The number of carbonyl (C=O) groups is 1. The van der Waals surface area contributed by atoms with Crippen LogP contribution in [0.15, 0.2) is 18.2 Å². The summed E-state index contributed by atoms with van der Waals surface area (Å²) in [6, 6.07) is 5.69. The molecule has 2 amide bonds. The first kappa shape index (κ1) is 9.83. The number of aryl methyl sites for hydroxylation is 1. The second-order valence-electron chi connectivity index (χ2n) is 3.94. The van der Waals surface area contributed by atoms with E-state index in [4.69, 9.17) is 5.73 Å². The number of amides is 2. The van der Waals surface area contributed by atoms with Gasteiger partial charge in [-0.2, -0.15) is 0 Å². The van der Waals surface area contributed by atoms with Crippen molar-refractivity contribution in [2.75, 3.05) is 11.1 Å². The second-order valence-corrected chi connectivity index (χ2v) is 3.94. The lowest BCUT2D eigenvalue weighted by Crippen LogP contribution is -2.30. The Morgan fingerprint density at radius 1 is 1.47 bits per heavy atom. The second kappa shape index (κ2) is 3.81. The third kappa shape index (κ3) is 2.62. The van der Waals surface area contributed by atoms with Gasteiger partial charge in [0.05, 0.1) is 0 Å². The van der Waals surface area contributed by atoms with Crippen LogP contribution in [-0.2, 0) is 0 Å². The van der Waals surface area contributed by atoms with Gasteiger partial charge in [-0.05, 0) is 43.5 Å². The number of anilines is 2. The zero-order valence-corrected chi connectivity index (χ0v) is 8.71. The molecular formula is C11H15N3O. The van der Waals surface area contributed by atoms with E-state index in [-0.39, 0.29) is 6.03 Å². The molecule has 0 aliphatic heterocycles. The molecule has 1 fully saturated rings. The molecule has 0 bridgehead atoms. The minimum atomic E-state index is -0.137. The van der Waals surface area contributed by atoms with E-state index >= 15 is 0 Å². The van der Waals surface area contributed by atoms with Crippen molar-refractivity contribution in [2.24, 2.45) is 0 Å². The van der Waals surface area contributed by atoms with Crippen molar-refractivity contribution in [2.45, 2.75) is 25.8 Å². The maximum absolute atomic E-state index is 11.4. The van der Waals surface area contributed by atoms with Crippen LogP contribution in [0.5, 0.6) is 0 Å². The quantitative estimate of drug-likeness (QED) is 0.645. The molecule has 15 heavy (non-hydrogen) atoms. The molecule has 1 aromatic rings.